The van der Waals surface area contributed by atoms with Crippen LogP contribution in [-0.2, 0) is 0 Å². The van der Waals surface area contributed by atoms with Crippen molar-refractivity contribution in [2.24, 2.45) is 0 Å². The lowest BCUT2D eigenvalue weighted by Gasteiger charge is -2.21. The first-order valence-electron chi connectivity index (χ1n) is 3.49. The lowest BCUT2D eigenvalue weighted by molar-refractivity contribution is 0.249. The highest BCUT2D eigenvalue weighted by Crippen LogP contribution is 2.13. The molecule has 0 heterocycles. The van der Waals surface area contributed by atoms with Crippen molar-refractivity contribution in [3.63, 3.8) is 0 Å². The predicted octanol–water partition coefficient (Wildman–Crippen LogP) is -0.120. The molecule has 0 bridgehead atoms. The molecule has 0 aliphatic carbocycles. The molecule has 1 aromatic carbocycles. The first kappa shape index (κ1) is 9.73. The molecule has 12 heavy (non-hydrogen) atoms. The van der Waals surface area contributed by atoms with E-state index < -0.39 is 6.75 Å². The molecular weight excluding hydrogens is 223 g/mol. The molecule has 1 aromatic rings. The highest BCUT2D eigenvalue weighted by atomic mass is 79.9. The Morgan fingerprint density at radius 3 is 2.25 bits per heavy atom. The Bertz CT molecular complexity index is 295. The summed E-state index contributed by atoms with van der Waals surface area (Å²) in [6, 6.07) is 4.65. The molecule has 0 aliphatic heterocycles. The van der Waals surface area contributed by atoms with Crippen molar-refractivity contribution in [1.82, 2.24) is 0 Å². The Morgan fingerprint density at radius 2 is 1.83 bits per heavy atom. The molecule has 0 radical (unpaired) electrons. The van der Waals surface area contributed by atoms with Gasteiger partial charge in [-0.2, -0.15) is 0 Å². The summed E-state index contributed by atoms with van der Waals surface area (Å²) >= 11 is 3.22. The predicted molar refractivity (Wildman–Crippen MR) is 50.9 cm³/mol. The van der Waals surface area contributed by atoms with Crippen LogP contribution in [0.3, 0.4) is 0 Å². The standard InChI is InChI=1S/C7H9BBrO3/c1-5-2-3-6(4-7(5)9)8(10,11)12/h2-4,10-12H,1H3/q-1. The highest BCUT2D eigenvalue weighted by Gasteiger charge is 2.18. The van der Waals surface area contributed by atoms with Crippen LogP contribution in [-0.4, -0.2) is 21.8 Å². The van der Waals surface area contributed by atoms with E-state index in [4.69, 9.17) is 15.1 Å². The van der Waals surface area contributed by atoms with E-state index in [0.717, 1.165) is 10.0 Å². The van der Waals surface area contributed by atoms with Crippen LogP contribution >= 0.6 is 15.9 Å². The Labute approximate surface area is 78.8 Å². The maximum Gasteiger partial charge on any atom is 0.402 e. The number of hydrogen-bond acceptors (Lipinski definition) is 3. The van der Waals surface area contributed by atoms with Gasteiger partial charge in [-0.15, -0.1) is 5.46 Å². The number of rotatable bonds is 1. The Balaban J connectivity index is 3.14. The van der Waals surface area contributed by atoms with Gasteiger partial charge in [-0.1, -0.05) is 34.1 Å². The SMILES string of the molecule is Cc1ccc([B-](O)(O)O)cc1Br. The molecule has 5 heteroatoms. The maximum atomic E-state index is 8.86. The van der Waals surface area contributed by atoms with E-state index in [1.165, 1.54) is 12.1 Å². The third kappa shape index (κ3) is 2.07. The molecule has 0 unspecified atom stereocenters. The van der Waals surface area contributed by atoms with Gasteiger partial charge in [0, 0.05) is 4.47 Å². The van der Waals surface area contributed by atoms with Crippen LogP contribution in [0.1, 0.15) is 5.56 Å². The molecule has 0 aromatic heterocycles. The summed E-state index contributed by atoms with van der Waals surface area (Å²) in [5.41, 5.74) is 1.08. The van der Waals surface area contributed by atoms with Gasteiger partial charge in [-0.25, -0.2) is 0 Å². The first-order chi connectivity index (χ1) is 5.41. The lowest BCUT2D eigenvalue weighted by atomic mass is 9.71. The summed E-state index contributed by atoms with van der Waals surface area (Å²) in [5.74, 6) is 0. The zero-order valence-corrected chi connectivity index (χ0v) is 8.12. The van der Waals surface area contributed by atoms with E-state index in [0.29, 0.717) is 0 Å². The van der Waals surface area contributed by atoms with Gasteiger partial charge >= 0.3 is 6.75 Å². The fraction of sp³-hybridized carbons (Fsp3) is 0.143. The molecule has 0 saturated carbocycles. The fourth-order valence-electron chi connectivity index (χ4n) is 0.850. The summed E-state index contributed by atoms with van der Waals surface area (Å²) in [6.07, 6.45) is 0. The molecule has 0 saturated heterocycles. The molecule has 0 spiro atoms. The highest BCUT2D eigenvalue weighted by molar-refractivity contribution is 9.10. The molecular formula is C7H9BBrO3-. The van der Waals surface area contributed by atoms with Crippen molar-refractivity contribution < 1.29 is 15.1 Å². The summed E-state index contributed by atoms with van der Waals surface area (Å²) < 4.78 is 0.739. The Morgan fingerprint density at radius 1 is 1.25 bits per heavy atom. The normalized spacial score (nSPS) is 11.8. The van der Waals surface area contributed by atoms with Crippen LogP contribution in [0.25, 0.3) is 0 Å². The Kier molecular flexibility index (Phi) is 2.58. The number of benzene rings is 1. The average molecular weight is 232 g/mol. The number of halogens is 1. The van der Waals surface area contributed by atoms with Crippen LogP contribution in [0.5, 0.6) is 0 Å². The van der Waals surface area contributed by atoms with E-state index in [9.17, 15) is 0 Å². The van der Waals surface area contributed by atoms with Crippen molar-refractivity contribution >= 4 is 28.1 Å². The second-order valence-electron chi connectivity index (χ2n) is 2.74. The number of aryl methyl sites for hydroxylation is 1. The van der Waals surface area contributed by atoms with Crippen LogP contribution in [0.4, 0.5) is 0 Å². The smallest absolute Gasteiger partial charge is 0.402 e. The van der Waals surface area contributed by atoms with Gasteiger partial charge in [0.25, 0.3) is 0 Å². The van der Waals surface area contributed by atoms with E-state index in [1.807, 2.05) is 6.92 Å². The molecule has 66 valence electrons. The van der Waals surface area contributed by atoms with Gasteiger partial charge in [0.05, 0.1) is 0 Å². The van der Waals surface area contributed by atoms with Crippen molar-refractivity contribution in [1.29, 1.82) is 0 Å². The van der Waals surface area contributed by atoms with E-state index in [2.05, 4.69) is 15.9 Å². The second-order valence-corrected chi connectivity index (χ2v) is 3.60. The third-order valence-electron chi connectivity index (χ3n) is 1.64. The minimum absolute atomic E-state index is 0.104. The summed E-state index contributed by atoms with van der Waals surface area (Å²) in [6.45, 7) is -1.50. The monoisotopic (exact) mass is 231 g/mol. The van der Waals surface area contributed by atoms with Crippen molar-refractivity contribution in [3.8, 4) is 0 Å². The summed E-state index contributed by atoms with van der Waals surface area (Å²) in [5, 5.41) is 26.6. The summed E-state index contributed by atoms with van der Waals surface area (Å²) in [4.78, 5) is 0. The topological polar surface area (TPSA) is 60.7 Å². The van der Waals surface area contributed by atoms with Gasteiger partial charge in [0.15, 0.2) is 0 Å². The minimum Gasteiger partial charge on any atom is -0.556 e. The molecule has 0 aliphatic rings. The molecule has 0 atom stereocenters. The Hall–Kier alpha value is -0.355. The summed E-state index contributed by atoms with van der Waals surface area (Å²) in [7, 11) is 0. The van der Waals surface area contributed by atoms with Gasteiger partial charge in [0.2, 0.25) is 0 Å². The zero-order chi connectivity index (χ0) is 9.35. The van der Waals surface area contributed by atoms with E-state index in [1.54, 1.807) is 6.07 Å². The first-order valence-corrected chi connectivity index (χ1v) is 4.28. The van der Waals surface area contributed by atoms with E-state index >= 15 is 0 Å². The van der Waals surface area contributed by atoms with Crippen molar-refractivity contribution in [2.75, 3.05) is 0 Å². The van der Waals surface area contributed by atoms with Crippen molar-refractivity contribution in [2.45, 2.75) is 6.92 Å². The molecule has 3 N–H and O–H groups in total. The van der Waals surface area contributed by atoms with Gasteiger partial charge in [-0.3, -0.25) is 0 Å². The van der Waals surface area contributed by atoms with Gasteiger partial charge < -0.3 is 15.1 Å². The molecule has 3 nitrogen and oxygen atoms in total. The molecule has 0 fully saturated rings. The minimum atomic E-state index is -3.37. The maximum absolute atomic E-state index is 8.86. The van der Waals surface area contributed by atoms with Gasteiger partial charge in [0.1, 0.15) is 0 Å². The van der Waals surface area contributed by atoms with Crippen LogP contribution in [0.2, 0.25) is 0 Å². The second kappa shape index (κ2) is 3.18. The number of hydrogen-bond donors (Lipinski definition) is 3. The van der Waals surface area contributed by atoms with Crippen LogP contribution in [0, 0.1) is 6.92 Å². The average Bonchev–Trinajstić information content (AvgIpc) is 1.92. The molecule has 1 rings (SSSR count). The molecule has 0 amide bonds. The third-order valence-corrected chi connectivity index (χ3v) is 2.50. The van der Waals surface area contributed by atoms with Crippen LogP contribution < -0.4 is 5.46 Å². The lowest BCUT2D eigenvalue weighted by Crippen LogP contribution is -2.48. The van der Waals surface area contributed by atoms with Gasteiger partial charge in [-0.05, 0) is 12.5 Å². The quantitative estimate of drug-likeness (QED) is 0.591. The fourth-order valence-corrected chi connectivity index (χ4v) is 1.25. The van der Waals surface area contributed by atoms with E-state index in [-0.39, 0.29) is 5.46 Å². The largest absolute Gasteiger partial charge is 0.556 e. The zero-order valence-electron chi connectivity index (χ0n) is 6.53. The van der Waals surface area contributed by atoms with Crippen molar-refractivity contribution in [3.05, 3.63) is 28.2 Å². The van der Waals surface area contributed by atoms with Crippen LogP contribution in [0.15, 0.2) is 22.7 Å².